The zero-order valence-electron chi connectivity index (χ0n) is 25.3. The summed E-state index contributed by atoms with van der Waals surface area (Å²) in [5, 5.41) is 5.22. The number of fused-ring (bicyclic) bond motifs is 10. The summed E-state index contributed by atoms with van der Waals surface area (Å²) in [5.41, 5.74) is 18.2. The minimum Gasteiger partial charge on any atom is -0.375 e. The molecule has 0 saturated heterocycles. The van der Waals surface area contributed by atoms with Gasteiger partial charge in [-0.25, -0.2) is 0 Å². The van der Waals surface area contributed by atoms with Gasteiger partial charge in [0.1, 0.15) is 0 Å². The summed E-state index contributed by atoms with van der Waals surface area (Å²) in [4.78, 5) is 0. The molecule has 0 bridgehead atoms. The summed E-state index contributed by atoms with van der Waals surface area (Å²) >= 11 is 0. The summed E-state index contributed by atoms with van der Waals surface area (Å²) < 4.78 is 5.14. The first kappa shape index (κ1) is 24.5. The van der Waals surface area contributed by atoms with Crippen LogP contribution in [0.2, 0.25) is 0 Å². The molecule has 0 spiro atoms. The lowest BCUT2D eigenvalue weighted by atomic mass is 9.45. The highest BCUT2D eigenvalue weighted by Gasteiger charge is 2.39. The first-order valence-corrected chi connectivity index (χ1v) is 16.1. The summed E-state index contributed by atoms with van der Waals surface area (Å²) in [6.45, 7) is 2.35. The predicted molar refractivity (Wildman–Crippen MR) is 195 cm³/mol. The van der Waals surface area contributed by atoms with Gasteiger partial charge >= 0.3 is 6.85 Å². The Bertz CT molecular complexity index is 2760. The van der Waals surface area contributed by atoms with Crippen molar-refractivity contribution in [2.75, 3.05) is 0 Å². The summed E-state index contributed by atoms with van der Waals surface area (Å²) in [6, 6.07) is 54.4. The average molecular weight is 583 g/mol. The molecule has 46 heavy (non-hydrogen) atoms. The molecule has 0 fully saturated rings. The Balaban J connectivity index is 1.28. The second-order valence-electron chi connectivity index (χ2n) is 13.0. The van der Waals surface area contributed by atoms with Gasteiger partial charge in [0.15, 0.2) is 0 Å². The molecule has 0 amide bonds. The molecule has 0 radical (unpaired) electrons. The van der Waals surface area contributed by atoms with Gasteiger partial charge in [0, 0.05) is 49.4 Å². The standard InChI is InChI=1S/C43H27BN2/c1-26-18-20-40-34(22-26)35-23-28(27-10-3-2-4-11-27)19-21-41(35)45(40)29-24-36-31-13-6-8-17-39(31)44-38-16-7-5-12-30(38)32-14-9-15-33-37(25-29)43(36)46(44)42(32)33/h2-25H,1H3. The van der Waals surface area contributed by atoms with E-state index >= 15 is 0 Å². The minimum atomic E-state index is 0.160. The number of hydrogen-bond acceptors (Lipinski definition) is 0. The Kier molecular flexibility index (Phi) is 4.63. The third kappa shape index (κ3) is 3.03. The van der Waals surface area contributed by atoms with Crippen LogP contribution in [-0.4, -0.2) is 15.9 Å². The Morgan fingerprint density at radius 1 is 0.435 bits per heavy atom. The van der Waals surface area contributed by atoms with Crippen LogP contribution in [0.5, 0.6) is 0 Å². The van der Waals surface area contributed by atoms with Crippen molar-refractivity contribution in [3.63, 3.8) is 0 Å². The van der Waals surface area contributed by atoms with Gasteiger partial charge in [-0.15, -0.1) is 0 Å². The lowest BCUT2D eigenvalue weighted by Gasteiger charge is -2.32. The average Bonchev–Trinajstić information content (AvgIpc) is 3.62. The highest BCUT2D eigenvalue weighted by molar-refractivity contribution is 6.88. The summed E-state index contributed by atoms with van der Waals surface area (Å²) in [6.07, 6.45) is 0. The van der Waals surface area contributed by atoms with E-state index < -0.39 is 0 Å². The molecule has 2 aliphatic rings. The van der Waals surface area contributed by atoms with Gasteiger partial charge in [-0.2, -0.15) is 0 Å². The van der Waals surface area contributed by atoms with Crippen LogP contribution in [0, 0.1) is 6.92 Å². The number of nitrogens with zero attached hydrogens (tertiary/aromatic N) is 2. The molecule has 2 aliphatic heterocycles. The van der Waals surface area contributed by atoms with Crippen LogP contribution in [0.3, 0.4) is 0 Å². The van der Waals surface area contributed by atoms with Gasteiger partial charge in [-0.3, -0.25) is 0 Å². The number of rotatable bonds is 2. The first-order valence-electron chi connectivity index (χ1n) is 16.1. The number of aryl methyl sites for hydroxylation is 1. The van der Waals surface area contributed by atoms with Gasteiger partial charge in [0.2, 0.25) is 0 Å². The molecular weight excluding hydrogens is 555 g/mol. The molecule has 2 nitrogen and oxygen atoms in total. The lowest BCUT2D eigenvalue weighted by Crippen LogP contribution is -2.53. The third-order valence-corrected chi connectivity index (χ3v) is 10.5. The molecule has 3 heteroatoms. The van der Waals surface area contributed by atoms with E-state index in [4.69, 9.17) is 0 Å². The first-order chi connectivity index (χ1) is 22.7. The minimum absolute atomic E-state index is 0.160. The van der Waals surface area contributed by atoms with Gasteiger partial charge in [-0.05, 0) is 76.5 Å². The summed E-state index contributed by atoms with van der Waals surface area (Å²) in [5.74, 6) is 0. The van der Waals surface area contributed by atoms with Crippen LogP contribution in [0.4, 0.5) is 0 Å². The van der Waals surface area contributed by atoms with E-state index in [-0.39, 0.29) is 6.85 Å². The van der Waals surface area contributed by atoms with Crippen LogP contribution in [-0.2, 0) is 0 Å². The fourth-order valence-electron chi connectivity index (χ4n) is 8.66. The molecule has 212 valence electrons. The quantitative estimate of drug-likeness (QED) is 0.180. The molecule has 4 heterocycles. The zero-order chi connectivity index (χ0) is 30.1. The van der Waals surface area contributed by atoms with Crippen molar-refractivity contribution in [3.8, 4) is 39.1 Å². The fraction of sp³-hybridized carbons (Fsp3) is 0.0233. The van der Waals surface area contributed by atoms with Crippen molar-refractivity contribution in [2.24, 2.45) is 0 Å². The molecule has 7 aromatic carbocycles. The van der Waals surface area contributed by atoms with Crippen LogP contribution < -0.4 is 10.9 Å². The second kappa shape index (κ2) is 8.68. The Morgan fingerprint density at radius 3 is 1.89 bits per heavy atom. The number of benzene rings is 7. The zero-order valence-corrected chi connectivity index (χ0v) is 25.3. The van der Waals surface area contributed by atoms with E-state index in [1.54, 1.807) is 0 Å². The van der Waals surface area contributed by atoms with E-state index in [1.165, 1.54) is 99.2 Å². The molecule has 0 N–H and O–H groups in total. The van der Waals surface area contributed by atoms with Gasteiger partial charge in [0.05, 0.1) is 11.0 Å². The van der Waals surface area contributed by atoms with E-state index in [9.17, 15) is 0 Å². The van der Waals surface area contributed by atoms with Gasteiger partial charge in [-0.1, -0.05) is 115 Å². The van der Waals surface area contributed by atoms with Crippen molar-refractivity contribution >= 4 is 61.4 Å². The van der Waals surface area contributed by atoms with Crippen LogP contribution in [0.15, 0.2) is 146 Å². The molecule has 0 saturated carbocycles. The number of para-hydroxylation sites is 1. The van der Waals surface area contributed by atoms with E-state index in [1.807, 2.05) is 0 Å². The maximum absolute atomic E-state index is 2.64. The Hall–Kier alpha value is -5.80. The van der Waals surface area contributed by atoms with Gasteiger partial charge < -0.3 is 9.05 Å². The monoisotopic (exact) mass is 582 g/mol. The van der Waals surface area contributed by atoms with Crippen molar-refractivity contribution in [2.45, 2.75) is 6.92 Å². The molecule has 9 aromatic rings. The number of hydrogen-bond donors (Lipinski definition) is 0. The molecular formula is C43H27BN2. The van der Waals surface area contributed by atoms with Crippen LogP contribution >= 0.6 is 0 Å². The molecule has 0 aliphatic carbocycles. The third-order valence-electron chi connectivity index (χ3n) is 10.5. The topological polar surface area (TPSA) is 9.86 Å². The molecule has 0 unspecified atom stereocenters. The Labute approximate surface area is 266 Å². The molecule has 11 rings (SSSR count). The molecule has 0 atom stereocenters. The maximum Gasteiger partial charge on any atom is 0.329 e. The lowest BCUT2D eigenvalue weighted by molar-refractivity contribution is 1.18. The van der Waals surface area contributed by atoms with E-state index in [2.05, 4.69) is 162 Å². The SMILES string of the molecule is Cc1ccc2c(c1)c1cc(-c3ccccc3)ccc1n2-c1cc2c3c(c1)c1cccc4c1n3B(c1ccccc1-4)c1ccccc1-2. The van der Waals surface area contributed by atoms with E-state index in [0.29, 0.717) is 0 Å². The Morgan fingerprint density at radius 2 is 1.09 bits per heavy atom. The van der Waals surface area contributed by atoms with Crippen LogP contribution in [0.1, 0.15) is 5.56 Å². The van der Waals surface area contributed by atoms with Crippen molar-refractivity contribution in [1.82, 2.24) is 9.05 Å². The highest BCUT2D eigenvalue weighted by atomic mass is 15.0. The van der Waals surface area contributed by atoms with Crippen LogP contribution in [0.25, 0.3) is 82.7 Å². The van der Waals surface area contributed by atoms with E-state index in [0.717, 1.165) is 0 Å². The maximum atomic E-state index is 2.64. The normalized spacial score (nSPS) is 12.8. The van der Waals surface area contributed by atoms with Crippen molar-refractivity contribution in [3.05, 3.63) is 151 Å². The van der Waals surface area contributed by atoms with Crippen molar-refractivity contribution < 1.29 is 0 Å². The smallest absolute Gasteiger partial charge is 0.329 e. The fourth-order valence-corrected chi connectivity index (χ4v) is 8.66. The predicted octanol–water partition coefficient (Wildman–Crippen LogP) is 9.48. The van der Waals surface area contributed by atoms with Gasteiger partial charge in [0.25, 0.3) is 0 Å². The summed E-state index contributed by atoms with van der Waals surface area (Å²) in [7, 11) is 0. The molecule has 2 aromatic heterocycles. The second-order valence-corrected chi connectivity index (χ2v) is 13.0. The highest BCUT2D eigenvalue weighted by Crippen LogP contribution is 2.46. The van der Waals surface area contributed by atoms with Crippen molar-refractivity contribution in [1.29, 1.82) is 0 Å². The number of aromatic nitrogens is 2. The largest absolute Gasteiger partial charge is 0.375 e.